The first-order valence-electron chi connectivity index (χ1n) is 13.9. The Bertz CT molecular complexity index is 1380. The molecule has 0 spiro atoms. The summed E-state index contributed by atoms with van der Waals surface area (Å²) in [6.45, 7) is 9.35. The molecule has 214 valence electrons. The number of carbonyl (C=O) groups is 2. The molecule has 8 heteroatoms. The van der Waals surface area contributed by atoms with Crippen molar-refractivity contribution in [2.75, 3.05) is 17.4 Å². The van der Waals surface area contributed by atoms with Crippen molar-refractivity contribution < 1.29 is 18.0 Å². The van der Waals surface area contributed by atoms with Crippen molar-refractivity contribution in [3.05, 3.63) is 95.6 Å². The van der Waals surface area contributed by atoms with Crippen LogP contribution in [0.25, 0.3) is 0 Å². The molecule has 3 aromatic carbocycles. The van der Waals surface area contributed by atoms with Crippen molar-refractivity contribution in [1.82, 2.24) is 10.2 Å². The molecular weight excluding hydrogens is 522 g/mol. The third-order valence-corrected chi connectivity index (χ3v) is 8.89. The van der Waals surface area contributed by atoms with Gasteiger partial charge in [-0.15, -0.1) is 0 Å². The maximum absolute atomic E-state index is 14.1. The summed E-state index contributed by atoms with van der Waals surface area (Å²) < 4.78 is 29.1. The zero-order chi connectivity index (χ0) is 29.3. The van der Waals surface area contributed by atoms with E-state index >= 15 is 0 Å². The van der Waals surface area contributed by atoms with E-state index in [4.69, 9.17) is 0 Å². The summed E-state index contributed by atoms with van der Waals surface area (Å²) in [5.74, 6) is -0.662. The maximum Gasteiger partial charge on any atom is 0.264 e. The molecular formula is C32H41N3O4S. The van der Waals surface area contributed by atoms with Crippen molar-refractivity contribution in [2.45, 2.75) is 70.9 Å². The van der Waals surface area contributed by atoms with E-state index in [2.05, 4.69) is 5.32 Å². The monoisotopic (exact) mass is 563 g/mol. The van der Waals surface area contributed by atoms with Gasteiger partial charge in [0.1, 0.15) is 12.6 Å². The van der Waals surface area contributed by atoms with Crippen LogP contribution in [0.5, 0.6) is 0 Å². The van der Waals surface area contributed by atoms with Gasteiger partial charge in [-0.05, 0) is 74.9 Å². The summed E-state index contributed by atoms with van der Waals surface area (Å²) in [5, 5.41) is 3.01. The minimum absolute atomic E-state index is 0.0440. The second-order valence-electron chi connectivity index (χ2n) is 10.2. The molecule has 0 heterocycles. The Morgan fingerprint density at radius 1 is 0.875 bits per heavy atom. The molecule has 0 aliphatic heterocycles. The first-order valence-corrected chi connectivity index (χ1v) is 15.3. The Morgan fingerprint density at radius 3 is 2.10 bits per heavy atom. The number of sulfonamides is 1. The first kappa shape index (κ1) is 30.9. The Balaban J connectivity index is 2.04. The summed E-state index contributed by atoms with van der Waals surface area (Å²) in [5.41, 5.74) is 3.08. The molecule has 0 aliphatic rings. The number of nitrogens with zero attached hydrogens (tertiary/aromatic N) is 2. The van der Waals surface area contributed by atoms with E-state index in [1.54, 1.807) is 29.2 Å². The van der Waals surface area contributed by atoms with Gasteiger partial charge in [-0.1, -0.05) is 74.5 Å². The molecule has 0 bridgehead atoms. The van der Waals surface area contributed by atoms with E-state index in [-0.39, 0.29) is 23.4 Å². The second kappa shape index (κ2) is 14.1. The number of aryl methyl sites for hydroxylation is 2. The lowest BCUT2D eigenvalue weighted by molar-refractivity contribution is -0.139. The molecule has 0 fully saturated rings. The molecule has 7 nitrogen and oxygen atoms in total. The molecule has 0 unspecified atom stereocenters. The molecule has 0 aliphatic carbocycles. The van der Waals surface area contributed by atoms with Crippen LogP contribution >= 0.6 is 0 Å². The average Bonchev–Trinajstić information content (AvgIpc) is 2.95. The number of hydrogen-bond donors (Lipinski definition) is 1. The minimum atomic E-state index is -4.08. The van der Waals surface area contributed by atoms with Gasteiger partial charge in [0.15, 0.2) is 0 Å². The van der Waals surface area contributed by atoms with Crippen molar-refractivity contribution in [3.63, 3.8) is 0 Å². The van der Waals surface area contributed by atoms with Crippen molar-refractivity contribution in [1.29, 1.82) is 0 Å². The molecule has 3 rings (SSSR count). The van der Waals surface area contributed by atoms with E-state index < -0.39 is 28.5 Å². The third-order valence-electron chi connectivity index (χ3n) is 7.11. The van der Waals surface area contributed by atoms with E-state index in [0.717, 1.165) is 23.1 Å². The number of anilines is 1. The van der Waals surface area contributed by atoms with E-state index in [1.165, 1.54) is 16.4 Å². The Hall–Kier alpha value is -3.65. The van der Waals surface area contributed by atoms with Gasteiger partial charge in [0.25, 0.3) is 10.0 Å². The van der Waals surface area contributed by atoms with Gasteiger partial charge in [-0.3, -0.25) is 13.9 Å². The summed E-state index contributed by atoms with van der Waals surface area (Å²) in [6, 6.07) is 22.6. The Morgan fingerprint density at radius 2 is 1.50 bits per heavy atom. The van der Waals surface area contributed by atoms with Crippen LogP contribution in [0.2, 0.25) is 0 Å². The molecule has 3 aromatic rings. The third kappa shape index (κ3) is 7.72. The lowest BCUT2D eigenvalue weighted by Crippen LogP contribution is -2.54. The fourth-order valence-corrected chi connectivity index (χ4v) is 6.05. The van der Waals surface area contributed by atoms with Crippen molar-refractivity contribution in [3.8, 4) is 0 Å². The highest BCUT2D eigenvalue weighted by Gasteiger charge is 2.34. The summed E-state index contributed by atoms with van der Waals surface area (Å²) in [7, 11) is -4.08. The van der Waals surface area contributed by atoms with Crippen LogP contribution in [0, 0.1) is 13.8 Å². The molecule has 40 heavy (non-hydrogen) atoms. The molecule has 0 saturated heterocycles. The predicted molar refractivity (Wildman–Crippen MR) is 161 cm³/mol. The SMILES string of the molecule is CC[C@@H](C)NC(=O)[C@H](CC)N(CCc1ccccc1)C(=O)CN(c1cc(C)ccc1C)S(=O)(=O)c1ccccc1. The number of carbonyl (C=O) groups excluding carboxylic acids is 2. The van der Waals surface area contributed by atoms with Crippen molar-refractivity contribution >= 4 is 27.5 Å². The van der Waals surface area contributed by atoms with Gasteiger partial charge in [-0.25, -0.2) is 8.42 Å². The van der Waals surface area contributed by atoms with Crippen molar-refractivity contribution in [2.24, 2.45) is 0 Å². The predicted octanol–water partition coefficient (Wildman–Crippen LogP) is 5.26. The van der Waals surface area contributed by atoms with Gasteiger partial charge in [0.05, 0.1) is 10.6 Å². The normalized spacial score (nSPS) is 12.8. The van der Waals surface area contributed by atoms with Gasteiger partial charge in [-0.2, -0.15) is 0 Å². The molecule has 1 N–H and O–H groups in total. The number of amides is 2. The zero-order valence-corrected chi connectivity index (χ0v) is 24.9. The highest BCUT2D eigenvalue weighted by Crippen LogP contribution is 2.28. The molecule has 2 amide bonds. The van der Waals surface area contributed by atoms with Crippen LogP contribution in [0.4, 0.5) is 5.69 Å². The molecule has 2 atom stereocenters. The fraction of sp³-hybridized carbons (Fsp3) is 0.375. The molecule has 0 saturated carbocycles. The van der Waals surface area contributed by atoms with Gasteiger partial charge < -0.3 is 10.2 Å². The van der Waals surface area contributed by atoms with Gasteiger partial charge in [0.2, 0.25) is 11.8 Å². The molecule has 0 radical (unpaired) electrons. The standard InChI is InChI=1S/C32H41N3O4S/c1-6-26(5)33-32(37)29(7-2)34(21-20-27-14-10-8-11-15-27)31(36)23-35(30-22-24(3)18-19-25(30)4)40(38,39)28-16-12-9-13-17-28/h8-19,22,26,29H,6-7,20-21,23H2,1-5H3,(H,33,37)/t26-,29+/m1/s1. The lowest BCUT2D eigenvalue weighted by Gasteiger charge is -2.34. The maximum atomic E-state index is 14.1. The smallest absolute Gasteiger partial charge is 0.264 e. The highest BCUT2D eigenvalue weighted by atomic mass is 32.2. The first-order chi connectivity index (χ1) is 19.1. The highest BCUT2D eigenvalue weighted by molar-refractivity contribution is 7.92. The number of benzene rings is 3. The number of nitrogens with one attached hydrogen (secondary N) is 1. The van der Waals surface area contributed by atoms with Gasteiger partial charge in [0, 0.05) is 12.6 Å². The Labute approximate surface area is 239 Å². The van der Waals surface area contributed by atoms with Crippen LogP contribution < -0.4 is 9.62 Å². The van der Waals surface area contributed by atoms with E-state index in [9.17, 15) is 18.0 Å². The van der Waals surface area contributed by atoms with Crippen LogP contribution in [0.1, 0.15) is 50.3 Å². The van der Waals surface area contributed by atoms with Crippen LogP contribution in [0.3, 0.4) is 0 Å². The number of hydrogen-bond acceptors (Lipinski definition) is 4. The summed E-state index contributed by atoms with van der Waals surface area (Å²) in [6.07, 6.45) is 1.70. The van der Waals surface area contributed by atoms with E-state index in [0.29, 0.717) is 18.5 Å². The fourth-order valence-electron chi connectivity index (χ4n) is 4.56. The zero-order valence-electron chi connectivity index (χ0n) is 24.1. The minimum Gasteiger partial charge on any atom is -0.352 e. The second-order valence-corrected chi connectivity index (χ2v) is 12.0. The average molecular weight is 564 g/mol. The van der Waals surface area contributed by atoms with Crippen LogP contribution in [-0.4, -0.2) is 50.3 Å². The lowest BCUT2D eigenvalue weighted by atomic mass is 10.1. The quantitative estimate of drug-likeness (QED) is 0.307. The summed E-state index contributed by atoms with van der Waals surface area (Å²) >= 11 is 0. The topological polar surface area (TPSA) is 86.8 Å². The van der Waals surface area contributed by atoms with E-state index in [1.807, 2.05) is 77.1 Å². The van der Waals surface area contributed by atoms with Crippen LogP contribution in [0.15, 0.2) is 83.8 Å². The Kier molecular flexibility index (Phi) is 10.9. The summed E-state index contributed by atoms with van der Waals surface area (Å²) in [4.78, 5) is 29.1. The molecule has 0 aromatic heterocycles. The van der Waals surface area contributed by atoms with Gasteiger partial charge >= 0.3 is 0 Å². The number of rotatable bonds is 13. The largest absolute Gasteiger partial charge is 0.352 e. The van der Waals surface area contributed by atoms with Crippen LogP contribution in [-0.2, 0) is 26.0 Å².